The molecule has 0 aliphatic carbocycles. The molecule has 3 saturated heterocycles. The summed E-state index contributed by atoms with van der Waals surface area (Å²) in [5.41, 5.74) is 3.33. The number of ketones is 1. The van der Waals surface area contributed by atoms with Crippen molar-refractivity contribution in [2.45, 2.75) is 70.8 Å². The first-order valence-corrected chi connectivity index (χ1v) is 13.4. The maximum atomic E-state index is 13.6. The van der Waals surface area contributed by atoms with Crippen molar-refractivity contribution in [3.63, 3.8) is 0 Å². The number of H-pyrrole nitrogens is 1. The molecule has 1 amide bonds. The Balaban J connectivity index is 1.31. The summed E-state index contributed by atoms with van der Waals surface area (Å²) in [5, 5.41) is 3.38. The van der Waals surface area contributed by atoms with Gasteiger partial charge in [-0.1, -0.05) is 25.8 Å². The van der Waals surface area contributed by atoms with Crippen molar-refractivity contribution in [1.82, 2.24) is 30.2 Å². The van der Waals surface area contributed by atoms with Crippen molar-refractivity contribution < 1.29 is 9.59 Å². The highest BCUT2D eigenvalue weighted by molar-refractivity contribution is 5.83. The van der Waals surface area contributed by atoms with E-state index in [1.165, 1.54) is 0 Å². The zero-order chi connectivity index (χ0) is 25.0. The molecule has 8 heteroatoms. The van der Waals surface area contributed by atoms with Gasteiger partial charge < -0.3 is 15.2 Å². The molecule has 1 aromatic carbocycles. The quantitative estimate of drug-likeness (QED) is 0.383. The van der Waals surface area contributed by atoms with Gasteiger partial charge in [-0.2, -0.15) is 0 Å². The minimum Gasteiger partial charge on any atom is -0.346 e. The van der Waals surface area contributed by atoms with Crippen LogP contribution in [-0.2, 0) is 9.59 Å². The van der Waals surface area contributed by atoms with Crippen molar-refractivity contribution in [3.05, 3.63) is 42.6 Å². The molecule has 3 aliphatic rings. The monoisotopic (exact) mass is 488 g/mol. The molecule has 2 aromatic heterocycles. The molecule has 2 N–H and O–H groups in total. The summed E-state index contributed by atoms with van der Waals surface area (Å²) < 4.78 is 0. The molecular weight excluding hydrogens is 452 g/mol. The van der Waals surface area contributed by atoms with Gasteiger partial charge in [0.2, 0.25) is 5.91 Å². The van der Waals surface area contributed by atoms with Crippen molar-refractivity contribution in [2.24, 2.45) is 5.41 Å². The van der Waals surface area contributed by atoms with Gasteiger partial charge >= 0.3 is 0 Å². The van der Waals surface area contributed by atoms with Crippen LogP contribution in [0.15, 0.2) is 36.8 Å². The second-order valence-electron chi connectivity index (χ2n) is 10.3. The molecule has 8 nitrogen and oxygen atoms in total. The Morgan fingerprint density at radius 1 is 1.03 bits per heavy atom. The molecular formula is C28H36N6O2. The number of imidazole rings is 1. The molecule has 1 atom stereocenters. The zero-order valence-electron chi connectivity index (χ0n) is 21.1. The van der Waals surface area contributed by atoms with E-state index >= 15 is 0 Å². The number of carbonyl (C=O) groups is 2. The van der Waals surface area contributed by atoms with Crippen LogP contribution in [0.1, 0.15) is 76.6 Å². The van der Waals surface area contributed by atoms with E-state index in [0.29, 0.717) is 18.6 Å². The van der Waals surface area contributed by atoms with Crippen LogP contribution < -0.4 is 5.32 Å². The summed E-state index contributed by atoms with van der Waals surface area (Å²) in [6.45, 7) is 4.96. The highest BCUT2D eigenvalue weighted by atomic mass is 16.2. The highest BCUT2D eigenvalue weighted by Gasteiger charge is 2.45. The molecule has 0 saturated carbocycles. The molecule has 3 aromatic rings. The van der Waals surface area contributed by atoms with Crippen LogP contribution in [0.2, 0.25) is 0 Å². The largest absolute Gasteiger partial charge is 0.346 e. The highest BCUT2D eigenvalue weighted by Crippen LogP contribution is 2.41. The molecule has 6 rings (SSSR count). The number of rotatable bonds is 11. The fourth-order valence-corrected chi connectivity index (χ4v) is 5.57. The lowest BCUT2D eigenvalue weighted by atomic mass is 9.71. The summed E-state index contributed by atoms with van der Waals surface area (Å²) in [5.74, 6) is 1.28. The Bertz CT molecular complexity index is 1200. The number of Topliss-reactive ketones (excluding diaryl/α,β-unsaturated/α-hetero) is 1. The van der Waals surface area contributed by atoms with Gasteiger partial charge in [0.25, 0.3) is 0 Å². The number of piperidine rings is 3. The number of nitrogens with zero attached hydrogens (tertiary/aromatic N) is 4. The van der Waals surface area contributed by atoms with Gasteiger partial charge in [0.15, 0.2) is 0 Å². The predicted molar refractivity (Wildman–Crippen MR) is 139 cm³/mol. The summed E-state index contributed by atoms with van der Waals surface area (Å²) in [7, 11) is 0. The summed E-state index contributed by atoms with van der Waals surface area (Å²) >= 11 is 0. The Morgan fingerprint density at radius 3 is 2.53 bits per heavy atom. The molecule has 0 unspecified atom stereocenters. The Morgan fingerprint density at radius 2 is 1.78 bits per heavy atom. The first kappa shape index (κ1) is 24.6. The Labute approximate surface area is 212 Å². The van der Waals surface area contributed by atoms with Crippen LogP contribution in [0, 0.1) is 5.41 Å². The van der Waals surface area contributed by atoms with Crippen LogP contribution in [0.25, 0.3) is 22.3 Å². The van der Waals surface area contributed by atoms with E-state index in [1.807, 2.05) is 31.3 Å². The third kappa shape index (κ3) is 5.33. The van der Waals surface area contributed by atoms with E-state index in [4.69, 9.17) is 4.98 Å². The van der Waals surface area contributed by atoms with Crippen LogP contribution in [0.5, 0.6) is 0 Å². The van der Waals surface area contributed by atoms with E-state index in [-0.39, 0.29) is 17.4 Å². The maximum absolute atomic E-state index is 13.6. The minimum atomic E-state index is -0.243. The number of amides is 1. The van der Waals surface area contributed by atoms with Gasteiger partial charge in [-0.3, -0.25) is 19.6 Å². The number of aromatic amines is 1. The fraction of sp³-hybridized carbons (Fsp3) is 0.536. The van der Waals surface area contributed by atoms with Crippen LogP contribution >= 0.6 is 0 Å². The van der Waals surface area contributed by atoms with Crippen LogP contribution in [0.3, 0.4) is 0 Å². The molecule has 3 fully saturated rings. The lowest BCUT2D eigenvalue weighted by molar-refractivity contribution is -0.139. The van der Waals surface area contributed by atoms with E-state index in [1.54, 1.807) is 12.4 Å². The first-order valence-electron chi connectivity index (χ1n) is 13.4. The number of hydrogen-bond acceptors (Lipinski definition) is 6. The number of fused-ring (bicyclic) bond motifs is 4. The van der Waals surface area contributed by atoms with Crippen LogP contribution in [0.4, 0.5) is 0 Å². The van der Waals surface area contributed by atoms with Crippen molar-refractivity contribution in [2.75, 3.05) is 19.6 Å². The third-order valence-corrected chi connectivity index (χ3v) is 8.06. The van der Waals surface area contributed by atoms with Crippen molar-refractivity contribution in [1.29, 1.82) is 0 Å². The second-order valence-corrected chi connectivity index (χ2v) is 10.3. The summed E-state index contributed by atoms with van der Waals surface area (Å²) in [6.07, 6.45) is 12.9. The van der Waals surface area contributed by atoms with E-state index in [9.17, 15) is 9.59 Å². The topological polar surface area (TPSA) is 104 Å². The molecule has 0 radical (unpaired) electrons. The Kier molecular flexibility index (Phi) is 7.41. The predicted octanol–water partition coefficient (Wildman–Crippen LogP) is 4.59. The lowest BCUT2D eigenvalue weighted by Crippen LogP contribution is -2.55. The third-order valence-electron chi connectivity index (χ3n) is 8.06. The van der Waals surface area contributed by atoms with Gasteiger partial charge in [0.05, 0.1) is 34.4 Å². The standard InChI is InChI=1S/C28H36N6O2/c1-2-21(35)6-4-3-5-7-23(33-27(36)28-10-15-34(16-11-28)17-12-28)26-31-19-25(32-26)20-8-9-22-24(18-20)30-14-13-29-22/h8-9,13-14,18-19,23H,2-7,10-12,15-17H2,1H3,(H,31,32)(H,33,36)/t23-/m0/s1. The number of benzene rings is 1. The number of carbonyl (C=O) groups excluding carboxylic acids is 2. The summed E-state index contributed by atoms with van der Waals surface area (Å²) in [6, 6.07) is 5.81. The minimum absolute atomic E-state index is 0.173. The Hall–Kier alpha value is -3.13. The smallest absolute Gasteiger partial charge is 0.226 e. The lowest BCUT2D eigenvalue weighted by Gasteiger charge is -2.47. The fourth-order valence-electron chi connectivity index (χ4n) is 5.57. The zero-order valence-corrected chi connectivity index (χ0v) is 21.1. The van der Waals surface area contributed by atoms with Crippen molar-refractivity contribution in [3.8, 4) is 11.3 Å². The van der Waals surface area contributed by atoms with E-state index < -0.39 is 0 Å². The maximum Gasteiger partial charge on any atom is 0.226 e. The van der Waals surface area contributed by atoms with E-state index in [0.717, 1.165) is 92.7 Å². The van der Waals surface area contributed by atoms with Gasteiger partial charge in [0, 0.05) is 30.8 Å². The second kappa shape index (κ2) is 10.9. The molecule has 2 bridgehead atoms. The van der Waals surface area contributed by atoms with Gasteiger partial charge in [-0.15, -0.1) is 0 Å². The molecule has 36 heavy (non-hydrogen) atoms. The number of unbranched alkanes of at least 4 members (excludes halogenated alkanes) is 2. The van der Waals surface area contributed by atoms with Gasteiger partial charge in [-0.05, 0) is 63.9 Å². The molecule has 5 heterocycles. The normalized spacial score (nSPS) is 22.0. The van der Waals surface area contributed by atoms with Crippen molar-refractivity contribution >= 4 is 22.7 Å². The SMILES string of the molecule is CCC(=O)CCCCC[C@H](NC(=O)C12CCN(CC1)CC2)c1ncc(-c2ccc3nccnc3c2)[nH]1. The number of nitrogens with one attached hydrogen (secondary N) is 2. The summed E-state index contributed by atoms with van der Waals surface area (Å²) in [4.78, 5) is 44.6. The number of aromatic nitrogens is 4. The van der Waals surface area contributed by atoms with Crippen LogP contribution in [-0.4, -0.2) is 56.2 Å². The molecule has 3 aliphatic heterocycles. The van der Waals surface area contributed by atoms with Gasteiger partial charge in [-0.25, -0.2) is 4.98 Å². The average Bonchev–Trinajstić information content (AvgIpc) is 3.43. The molecule has 0 spiro atoms. The average molecular weight is 489 g/mol. The number of hydrogen-bond donors (Lipinski definition) is 2. The first-order chi connectivity index (χ1) is 17.6. The van der Waals surface area contributed by atoms with Gasteiger partial charge in [0.1, 0.15) is 11.6 Å². The van der Waals surface area contributed by atoms with E-state index in [2.05, 4.69) is 25.2 Å². The molecule has 190 valence electrons.